The molecule has 1 unspecified atom stereocenters. The number of likely N-dealkylation sites (N-methyl/N-ethyl adjacent to an activating group) is 1. The summed E-state index contributed by atoms with van der Waals surface area (Å²) in [5, 5.41) is 14.4. The minimum Gasteiger partial charge on any atom is -0.387 e. The van der Waals surface area contributed by atoms with E-state index in [2.05, 4.69) is 27.2 Å². The van der Waals surface area contributed by atoms with Crippen LogP contribution in [-0.2, 0) is 24.9 Å². The first-order valence-electron chi connectivity index (χ1n) is 13.6. The number of carbonyl (C=O) groups excluding carboxylic acids is 1. The number of carbonyl (C=O) groups is 1. The molecule has 4 aromatic rings. The molecule has 1 aliphatic rings. The number of benzene rings is 2. The highest BCUT2D eigenvalue weighted by Gasteiger charge is 2.21. The maximum absolute atomic E-state index is 13.4. The lowest BCUT2D eigenvalue weighted by Crippen LogP contribution is -2.36. The molecule has 2 aromatic heterocycles. The zero-order chi connectivity index (χ0) is 29.1. The smallest absolute Gasteiger partial charge is 0.257 e. The first kappa shape index (κ1) is 29.3. The molecule has 8 nitrogen and oxygen atoms in total. The van der Waals surface area contributed by atoms with Gasteiger partial charge in [-0.2, -0.15) is 0 Å². The molecule has 10 heteroatoms. The summed E-state index contributed by atoms with van der Waals surface area (Å²) in [5.74, 6) is -0.407. The van der Waals surface area contributed by atoms with Crippen molar-refractivity contribution in [3.05, 3.63) is 97.1 Å². The minimum absolute atomic E-state index is 0.117. The summed E-state index contributed by atoms with van der Waals surface area (Å²) in [6.07, 6.45) is 0.968. The zero-order valence-corrected chi connectivity index (χ0v) is 25.1. The molecule has 216 valence electrons. The number of hydrogen-bond donors (Lipinski definition) is 2. The van der Waals surface area contributed by atoms with Gasteiger partial charge >= 0.3 is 0 Å². The van der Waals surface area contributed by atoms with Crippen LogP contribution in [0.5, 0.6) is 0 Å². The molecule has 0 spiro atoms. The number of halogens is 1. The summed E-state index contributed by atoms with van der Waals surface area (Å²) in [6, 6.07) is 15.3. The molecule has 1 saturated heterocycles. The van der Waals surface area contributed by atoms with E-state index in [1.54, 1.807) is 18.3 Å². The number of rotatable bonds is 9. The number of nitrogens with one attached hydrogen (secondary N) is 1. The molecular formula is C31H35ClN4O4S. The highest BCUT2D eigenvalue weighted by atomic mass is 35.5. The molecule has 5 rings (SSSR count). The van der Waals surface area contributed by atoms with Crippen LogP contribution < -0.4 is 15.6 Å². The number of morpholine rings is 1. The Kier molecular flexibility index (Phi) is 9.11. The average Bonchev–Trinajstić information content (AvgIpc) is 3.31. The van der Waals surface area contributed by atoms with Gasteiger partial charge in [0.05, 0.1) is 29.5 Å². The fourth-order valence-corrected chi connectivity index (χ4v) is 6.70. The van der Waals surface area contributed by atoms with Gasteiger partial charge in [0.15, 0.2) is 0 Å². The van der Waals surface area contributed by atoms with E-state index in [0.717, 1.165) is 59.1 Å². The molecule has 3 heterocycles. The highest BCUT2D eigenvalue weighted by molar-refractivity contribution is 7.19. The number of pyridine rings is 1. The number of ether oxygens (including phenoxy) is 1. The number of fused-ring (bicyclic) bond motifs is 1. The Labute approximate surface area is 248 Å². The first-order valence-corrected chi connectivity index (χ1v) is 14.8. The lowest BCUT2D eigenvalue weighted by molar-refractivity contribution is 0.0949. The molecule has 1 amide bonds. The standard InChI is InChI=1S/C31H35ClN4O4S/c1-20-27(19-34(2)18-26(37)22-6-10-24(11-7-22)36-12-14-40-15-13-36)41-30-28(20)35(3)17-25(29(30)38)31(39)33-16-21-4-8-23(32)9-5-21/h4-11,17,26,37H,12-16,18-19H2,1-3H3,(H,33,39). The normalized spacial score (nSPS) is 14.5. The minimum atomic E-state index is -0.643. The van der Waals surface area contributed by atoms with E-state index >= 15 is 0 Å². The van der Waals surface area contributed by atoms with Gasteiger partial charge in [-0.3, -0.25) is 14.5 Å². The molecular weight excluding hydrogens is 560 g/mol. The number of hydrogen-bond acceptors (Lipinski definition) is 7. The number of nitrogens with zero attached hydrogens (tertiary/aromatic N) is 3. The SMILES string of the molecule is Cc1c(CN(C)CC(O)c2ccc(N3CCOCC3)cc2)sc2c(=O)c(C(=O)NCc3ccc(Cl)cc3)cn(C)c12. The van der Waals surface area contributed by atoms with Gasteiger partial charge in [-0.25, -0.2) is 0 Å². The van der Waals surface area contributed by atoms with Gasteiger partial charge in [0.1, 0.15) is 5.56 Å². The fourth-order valence-electron chi connectivity index (χ4n) is 5.20. The van der Waals surface area contributed by atoms with Crippen molar-refractivity contribution in [3.8, 4) is 0 Å². The van der Waals surface area contributed by atoms with E-state index in [1.807, 2.05) is 49.9 Å². The molecule has 1 fully saturated rings. The van der Waals surface area contributed by atoms with Gasteiger partial charge in [0.2, 0.25) is 5.43 Å². The number of anilines is 1. The first-order chi connectivity index (χ1) is 19.7. The van der Waals surface area contributed by atoms with E-state index in [4.69, 9.17) is 16.3 Å². The van der Waals surface area contributed by atoms with Crippen molar-refractivity contribution < 1.29 is 14.6 Å². The van der Waals surface area contributed by atoms with Gasteiger partial charge in [0, 0.05) is 61.6 Å². The highest BCUT2D eigenvalue weighted by Crippen LogP contribution is 2.30. The summed E-state index contributed by atoms with van der Waals surface area (Å²) in [7, 11) is 3.82. The van der Waals surface area contributed by atoms with Crippen molar-refractivity contribution in [1.82, 2.24) is 14.8 Å². The summed E-state index contributed by atoms with van der Waals surface area (Å²) in [6.45, 7) is 6.53. The second kappa shape index (κ2) is 12.8. The lowest BCUT2D eigenvalue weighted by atomic mass is 10.1. The Hall–Kier alpha value is -3.21. The van der Waals surface area contributed by atoms with Gasteiger partial charge in [-0.15, -0.1) is 11.3 Å². The van der Waals surface area contributed by atoms with Gasteiger partial charge in [-0.1, -0.05) is 35.9 Å². The molecule has 1 aliphatic heterocycles. The van der Waals surface area contributed by atoms with Crippen LogP contribution in [0.1, 0.15) is 38.0 Å². The molecule has 0 aliphatic carbocycles. The summed E-state index contributed by atoms with van der Waals surface area (Å²) < 4.78 is 7.85. The molecule has 41 heavy (non-hydrogen) atoms. The molecule has 0 radical (unpaired) electrons. The van der Waals surface area contributed by atoms with Crippen molar-refractivity contribution in [2.75, 3.05) is 44.8 Å². The molecule has 0 saturated carbocycles. The lowest BCUT2D eigenvalue weighted by Gasteiger charge is -2.29. The number of aryl methyl sites for hydroxylation is 2. The van der Waals surface area contributed by atoms with Crippen molar-refractivity contribution in [2.45, 2.75) is 26.1 Å². The van der Waals surface area contributed by atoms with Gasteiger partial charge < -0.3 is 24.6 Å². The Morgan fingerprint density at radius 1 is 1.15 bits per heavy atom. The maximum atomic E-state index is 13.4. The predicted molar refractivity (Wildman–Crippen MR) is 165 cm³/mol. The van der Waals surface area contributed by atoms with Crippen molar-refractivity contribution in [2.24, 2.45) is 7.05 Å². The average molecular weight is 595 g/mol. The second-order valence-electron chi connectivity index (χ2n) is 10.5. The van der Waals surface area contributed by atoms with Crippen molar-refractivity contribution >= 4 is 44.7 Å². The molecule has 2 aromatic carbocycles. The van der Waals surface area contributed by atoms with Crippen molar-refractivity contribution in [3.63, 3.8) is 0 Å². The van der Waals surface area contributed by atoms with E-state index < -0.39 is 12.0 Å². The van der Waals surface area contributed by atoms with Crippen LogP contribution in [-0.4, -0.2) is 60.4 Å². The van der Waals surface area contributed by atoms with E-state index in [0.29, 0.717) is 29.4 Å². The third-order valence-corrected chi connectivity index (χ3v) is 9.02. The van der Waals surface area contributed by atoms with Crippen LogP contribution in [0.15, 0.2) is 59.5 Å². The molecule has 0 bridgehead atoms. The topological polar surface area (TPSA) is 87.0 Å². The number of aliphatic hydroxyl groups excluding tert-OH is 1. The van der Waals surface area contributed by atoms with Gasteiger partial charge in [-0.05, 0) is 54.9 Å². The van der Waals surface area contributed by atoms with Crippen LogP contribution in [0, 0.1) is 6.92 Å². The van der Waals surface area contributed by atoms with Crippen LogP contribution in [0.3, 0.4) is 0 Å². The van der Waals surface area contributed by atoms with Crippen LogP contribution in [0.25, 0.3) is 10.2 Å². The zero-order valence-electron chi connectivity index (χ0n) is 23.5. The van der Waals surface area contributed by atoms with Crippen LogP contribution in [0.2, 0.25) is 5.02 Å². The van der Waals surface area contributed by atoms with Crippen molar-refractivity contribution in [1.29, 1.82) is 0 Å². The fraction of sp³-hybridized carbons (Fsp3) is 0.355. The second-order valence-corrected chi connectivity index (χ2v) is 12.1. The Morgan fingerprint density at radius 2 is 1.83 bits per heavy atom. The van der Waals surface area contributed by atoms with E-state index in [1.165, 1.54) is 11.3 Å². The van der Waals surface area contributed by atoms with E-state index in [9.17, 15) is 14.7 Å². The third kappa shape index (κ3) is 6.66. The van der Waals surface area contributed by atoms with Gasteiger partial charge in [0.25, 0.3) is 5.91 Å². The monoisotopic (exact) mass is 594 g/mol. The number of aromatic nitrogens is 1. The Bertz CT molecular complexity index is 1580. The number of thiophene rings is 1. The maximum Gasteiger partial charge on any atom is 0.257 e. The summed E-state index contributed by atoms with van der Waals surface area (Å²) >= 11 is 7.36. The predicted octanol–water partition coefficient (Wildman–Crippen LogP) is 4.49. The number of amides is 1. The van der Waals surface area contributed by atoms with Crippen LogP contribution >= 0.6 is 22.9 Å². The Morgan fingerprint density at radius 3 is 2.51 bits per heavy atom. The summed E-state index contributed by atoms with van der Waals surface area (Å²) in [5.41, 5.74) is 4.58. The van der Waals surface area contributed by atoms with Crippen LogP contribution in [0.4, 0.5) is 5.69 Å². The third-order valence-electron chi connectivity index (χ3n) is 7.50. The largest absolute Gasteiger partial charge is 0.387 e. The van der Waals surface area contributed by atoms with E-state index in [-0.39, 0.29) is 11.0 Å². The molecule has 1 atom stereocenters. The quantitative estimate of drug-likeness (QED) is 0.297. The summed E-state index contributed by atoms with van der Waals surface area (Å²) in [4.78, 5) is 31.7. The molecule has 2 N–H and O–H groups in total. The Balaban J connectivity index is 1.26. The number of aliphatic hydroxyl groups is 1.